The second-order valence-electron chi connectivity index (χ2n) is 7.10. The third kappa shape index (κ3) is 4.46. The van der Waals surface area contributed by atoms with Gasteiger partial charge in [-0.25, -0.2) is 5.10 Å². The zero-order valence-corrected chi connectivity index (χ0v) is 17.3. The summed E-state index contributed by atoms with van der Waals surface area (Å²) in [7, 11) is 0. The molecule has 1 heterocycles. The van der Waals surface area contributed by atoms with E-state index in [0.29, 0.717) is 28.2 Å². The van der Waals surface area contributed by atoms with Gasteiger partial charge in [-0.05, 0) is 29.8 Å². The van der Waals surface area contributed by atoms with Crippen LogP contribution in [0.4, 0.5) is 11.4 Å². The number of hydrogen-bond acceptors (Lipinski definition) is 4. The van der Waals surface area contributed by atoms with Gasteiger partial charge < -0.3 is 10.6 Å². The monoisotopic (exact) mass is 424 g/mol. The van der Waals surface area contributed by atoms with Crippen LogP contribution in [0.3, 0.4) is 0 Å². The van der Waals surface area contributed by atoms with Crippen molar-refractivity contribution >= 4 is 23.2 Å². The van der Waals surface area contributed by atoms with E-state index < -0.39 is 11.5 Å². The SMILES string of the molecule is CC(=O)Nc1ccc(NC(=O)c2c(-c3ccccc3)c(-c3ccccc3)n[nH]c2=O)cc1. The van der Waals surface area contributed by atoms with Crippen molar-refractivity contribution in [2.75, 3.05) is 10.6 Å². The van der Waals surface area contributed by atoms with Gasteiger partial charge in [0, 0.05) is 29.4 Å². The molecule has 0 saturated heterocycles. The summed E-state index contributed by atoms with van der Waals surface area (Å²) in [4.78, 5) is 37.2. The molecule has 3 N–H and O–H groups in total. The standard InChI is InChI=1S/C25H20N4O3/c1-16(30)26-19-12-14-20(15-13-19)27-24(31)22-21(17-8-4-2-5-9-17)23(28-29-25(22)32)18-10-6-3-7-11-18/h2-15H,1H3,(H,26,30)(H,27,31)(H,29,32). The molecule has 0 aliphatic rings. The number of carbonyl (C=O) groups is 2. The summed E-state index contributed by atoms with van der Waals surface area (Å²) in [5.41, 5.74) is 2.91. The molecule has 0 unspecified atom stereocenters. The lowest BCUT2D eigenvalue weighted by molar-refractivity contribution is -0.114. The first-order valence-corrected chi connectivity index (χ1v) is 9.95. The van der Waals surface area contributed by atoms with Crippen LogP contribution in [-0.2, 0) is 4.79 Å². The van der Waals surface area contributed by atoms with Crippen molar-refractivity contribution in [1.82, 2.24) is 10.2 Å². The molecule has 4 aromatic rings. The fourth-order valence-electron chi connectivity index (χ4n) is 3.39. The van der Waals surface area contributed by atoms with E-state index >= 15 is 0 Å². The topological polar surface area (TPSA) is 104 Å². The van der Waals surface area contributed by atoms with Gasteiger partial charge in [-0.1, -0.05) is 60.7 Å². The van der Waals surface area contributed by atoms with Gasteiger partial charge in [0.2, 0.25) is 5.91 Å². The first-order chi connectivity index (χ1) is 15.5. The van der Waals surface area contributed by atoms with Crippen LogP contribution in [0.5, 0.6) is 0 Å². The third-order valence-electron chi connectivity index (χ3n) is 4.78. The van der Waals surface area contributed by atoms with Crippen LogP contribution in [-0.4, -0.2) is 22.0 Å². The molecule has 158 valence electrons. The van der Waals surface area contributed by atoms with Crippen LogP contribution in [0.15, 0.2) is 89.7 Å². The van der Waals surface area contributed by atoms with Crippen molar-refractivity contribution in [2.45, 2.75) is 6.92 Å². The molecule has 0 aliphatic heterocycles. The highest BCUT2D eigenvalue weighted by molar-refractivity contribution is 6.10. The Hall–Kier alpha value is -4.52. The summed E-state index contributed by atoms with van der Waals surface area (Å²) in [6.07, 6.45) is 0. The average molecular weight is 424 g/mol. The van der Waals surface area contributed by atoms with Crippen molar-refractivity contribution < 1.29 is 9.59 Å². The fourth-order valence-corrected chi connectivity index (χ4v) is 3.39. The van der Waals surface area contributed by atoms with E-state index in [1.165, 1.54) is 6.92 Å². The Bertz CT molecular complexity index is 1320. The maximum Gasteiger partial charge on any atom is 0.277 e. The highest BCUT2D eigenvalue weighted by Gasteiger charge is 2.23. The number of H-pyrrole nitrogens is 1. The Morgan fingerprint density at radius 3 is 1.84 bits per heavy atom. The van der Waals surface area contributed by atoms with Gasteiger partial charge in [-0.2, -0.15) is 5.10 Å². The molecule has 0 spiro atoms. The number of anilines is 2. The summed E-state index contributed by atoms with van der Waals surface area (Å²) >= 11 is 0. The molecular formula is C25H20N4O3. The predicted molar refractivity (Wildman–Crippen MR) is 124 cm³/mol. The molecule has 0 saturated carbocycles. The number of nitrogens with one attached hydrogen (secondary N) is 3. The van der Waals surface area contributed by atoms with Gasteiger partial charge in [0.1, 0.15) is 5.56 Å². The van der Waals surface area contributed by atoms with Crippen LogP contribution in [0, 0.1) is 0 Å². The summed E-state index contributed by atoms with van der Waals surface area (Å²) in [5, 5.41) is 12.2. The van der Waals surface area contributed by atoms with Crippen molar-refractivity contribution in [1.29, 1.82) is 0 Å². The first kappa shape index (κ1) is 20.7. The van der Waals surface area contributed by atoms with E-state index in [2.05, 4.69) is 20.8 Å². The summed E-state index contributed by atoms with van der Waals surface area (Å²) in [6.45, 7) is 1.42. The molecule has 2 amide bonds. The largest absolute Gasteiger partial charge is 0.326 e. The normalized spacial score (nSPS) is 10.4. The quantitative estimate of drug-likeness (QED) is 0.444. The lowest BCUT2D eigenvalue weighted by Gasteiger charge is -2.14. The van der Waals surface area contributed by atoms with Crippen LogP contribution in [0.2, 0.25) is 0 Å². The lowest BCUT2D eigenvalue weighted by Crippen LogP contribution is -2.26. The minimum Gasteiger partial charge on any atom is -0.326 e. The van der Waals surface area contributed by atoms with Crippen molar-refractivity contribution in [3.63, 3.8) is 0 Å². The van der Waals surface area contributed by atoms with E-state index in [0.717, 1.165) is 5.56 Å². The number of benzene rings is 3. The molecule has 0 radical (unpaired) electrons. The minimum absolute atomic E-state index is 0.0315. The van der Waals surface area contributed by atoms with Gasteiger partial charge in [0.05, 0.1) is 5.69 Å². The molecule has 0 aliphatic carbocycles. The van der Waals surface area contributed by atoms with Crippen molar-refractivity contribution in [3.8, 4) is 22.4 Å². The van der Waals surface area contributed by atoms with E-state index in [9.17, 15) is 14.4 Å². The van der Waals surface area contributed by atoms with E-state index in [4.69, 9.17) is 0 Å². The summed E-state index contributed by atoms with van der Waals surface area (Å²) < 4.78 is 0. The van der Waals surface area contributed by atoms with Gasteiger partial charge >= 0.3 is 0 Å². The molecule has 3 aromatic carbocycles. The molecule has 7 nitrogen and oxygen atoms in total. The molecule has 32 heavy (non-hydrogen) atoms. The highest BCUT2D eigenvalue weighted by Crippen LogP contribution is 2.32. The number of nitrogens with zero attached hydrogens (tertiary/aromatic N) is 1. The average Bonchev–Trinajstić information content (AvgIpc) is 2.81. The van der Waals surface area contributed by atoms with Gasteiger partial charge in [0.15, 0.2) is 0 Å². The zero-order valence-electron chi connectivity index (χ0n) is 17.3. The first-order valence-electron chi connectivity index (χ1n) is 9.95. The second kappa shape index (κ2) is 9.09. The van der Waals surface area contributed by atoms with Gasteiger partial charge in [0.25, 0.3) is 11.5 Å². The molecule has 0 bridgehead atoms. The molecular weight excluding hydrogens is 404 g/mol. The van der Waals surface area contributed by atoms with Crippen LogP contribution >= 0.6 is 0 Å². The second-order valence-corrected chi connectivity index (χ2v) is 7.10. The Kier molecular flexibility index (Phi) is 5.89. The number of aromatic amines is 1. The van der Waals surface area contributed by atoms with Crippen molar-refractivity contribution in [2.24, 2.45) is 0 Å². The van der Waals surface area contributed by atoms with Gasteiger partial charge in [-0.15, -0.1) is 0 Å². The molecule has 7 heteroatoms. The number of aromatic nitrogens is 2. The number of amides is 2. The Morgan fingerprint density at radius 1 is 0.750 bits per heavy atom. The van der Waals surface area contributed by atoms with E-state index in [1.54, 1.807) is 24.3 Å². The van der Waals surface area contributed by atoms with Crippen LogP contribution in [0.1, 0.15) is 17.3 Å². The van der Waals surface area contributed by atoms with Crippen LogP contribution in [0.25, 0.3) is 22.4 Å². The minimum atomic E-state index is -0.587. The fraction of sp³-hybridized carbons (Fsp3) is 0.0400. The summed E-state index contributed by atoms with van der Waals surface area (Å²) in [6, 6.07) is 25.2. The number of rotatable bonds is 5. The molecule has 0 fully saturated rings. The molecule has 1 aromatic heterocycles. The van der Waals surface area contributed by atoms with E-state index in [1.807, 2.05) is 60.7 Å². The van der Waals surface area contributed by atoms with Crippen LogP contribution < -0.4 is 16.2 Å². The Balaban J connectivity index is 1.78. The van der Waals surface area contributed by atoms with Crippen molar-refractivity contribution in [3.05, 3.63) is 101 Å². The molecule has 4 rings (SSSR count). The predicted octanol–water partition coefficient (Wildman–Crippen LogP) is 4.31. The zero-order chi connectivity index (χ0) is 22.5. The lowest BCUT2D eigenvalue weighted by atomic mass is 9.95. The summed E-state index contributed by atoms with van der Waals surface area (Å²) in [5.74, 6) is -0.747. The maximum absolute atomic E-state index is 13.2. The van der Waals surface area contributed by atoms with Gasteiger partial charge in [-0.3, -0.25) is 14.4 Å². The maximum atomic E-state index is 13.2. The Morgan fingerprint density at radius 2 is 1.28 bits per heavy atom. The Labute approximate surface area is 184 Å². The molecule has 0 atom stereocenters. The highest BCUT2D eigenvalue weighted by atomic mass is 16.2. The number of hydrogen-bond donors (Lipinski definition) is 3. The number of carbonyl (C=O) groups excluding carboxylic acids is 2. The van der Waals surface area contributed by atoms with E-state index in [-0.39, 0.29) is 11.5 Å². The third-order valence-corrected chi connectivity index (χ3v) is 4.78. The smallest absolute Gasteiger partial charge is 0.277 e.